The van der Waals surface area contributed by atoms with Gasteiger partial charge >= 0.3 is 0 Å². The summed E-state index contributed by atoms with van der Waals surface area (Å²) >= 11 is 12.1. The monoisotopic (exact) mass is 357 g/mol. The van der Waals surface area contributed by atoms with Crippen molar-refractivity contribution in [3.8, 4) is 11.5 Å². The number of rotatable bonds is 4. The Morgan fingerprint density at radius 1 is 0.833 bits per heavy atom. The zero-order chi connectivity index (χ0) is 16.9. The number of carbonyl (C=O) groups is 1. The topological polar surface area (TPSA) is 38.3 Å². The van der Waals surface area contributed by atoms with Crippen LogP contribution in [0.3, 0.4) is 0 Å². The largest absolute Gasteiger partial charge is 0.457 e. The molecule has 0 heterocycles. The van der Waals surface area contributed by atoms with E-state index in [0.717, 1.165) is 0 Å². The first-order valence-electron chi connectivity index (χ1n) is 7.22. The molecule has 1 amide bonds. The molecule has 1 N–H and O–H groups in total. The van der Waals surface area contributed by atoms with Crippen molar-refractivity contribution in [2.24, 2.45) is 0 Å². The molecule has 0 fully saturated rings. The molecule has 0 aromatic heterocycles. The molecule has 24 heavy (non-hydrogen) atoms. The highest BCUT2D eigenvalue weighted by Crippen LogP contribution is 2.31. The third-order valence-electron chi connectivity index (χ3n) is 3.30. The van der Waals surface area contributed by atoms with Crippen molar-refractivity contribution in [2.75, 3.05) is 5.32 Å². The lowest BCUT2D eigenvalue weighted by Gasteiger charge is -2.12. The van der Waals surface area contributed by atoms with Gasteiger partial charge in [-0.25, -0.2) is 0 Å². The van der Waals surface area contributed by atoms with Crippen LogP contribution in [0, 0.1) is 0 Å². The molecule has 0 radical (unpaired) electrons. The van der Waals surface area contributed by atoms with Gasteiger partial charge in [0.05, 0.1) is 21.3 Å². The van der Waals surface area contributed by atoms with Crippen LogP contribution in [0.5, 0.6) is 11.5 Å². The van der Waals surface area contributed by atoms with E-state index in [0.29, 0.717) is 32.8 Å². The van der Waals surface area contributed by atoms with Gasteiger partial charge in [-0.3, -0.25) is 4.79 Å². The number of hydrogen-bond donors (Lipinski definition) is 1. The summed E-state index contributed by atoms with van der Waals surface area (Å²) in [5, 5.41) is 3.44. The summed E-state index contributed by atoms with van der Waals surface area (Å²) in [7, 11) is 0. The highest BCUT2D eigenvalue weighted by molar-refractivity contribution is 6.44. The second-order valence-electron chi connectivity index (χ2n) is 4.97. The summed E-state index contributed by atoms with van der Waals surface area (Å²) in [5.74, 6) is 0.781. The summed E-state index contributed by atoms with van der Waals surface area (Å²) in [5.41, 5.74) is 0.848. The second kappa shape index (κ2) is 7.39. The van der Waals surface area contributed by atoms with E-state index in [1.54, 1.807) is 42.5 Å². The van der Waals surface area contributed by atoms with E-state index in [2.05, 4.69) is 5.32 Å². The molecule has 0 unspecified atom stereocenters. The molecule has 3 aromatic carbocycles. The number of carbonyl (C=O) groups excluding carboxylic acids is 1. The fourth-order valence-corrected chi connectivity index (χ4v) is 2.50. The zero-order valence-electron chi connectivity index (χ0n) is 12.5. The molecule has 0 aliphatic rings. The van der Waals surface area contributed by atoms with Crippen LogP contribution in [0.25, 0.3) is 0 Å². The van der Waals surface area contributed by atoms with Crippen molar-refractivity contribution in [3.63, 3.8) is 0 Å². The summed E-state index contributed by atoms with van der Waals surface area (Å²) in [6.45, 7) is 0. The third kappa shape index (κ3) is 3.70. The molecule has 3 rings (SSSR count). The standard InChI is InChI=1S/C19H13Cl2NO2/c20-15-10-6-11-16(18(15)21)22-19(23)14-9-4-5-12-17(14)24-13-7-2-1-3-8-13/h1-12H,(H,22,23). The van der Waals surface area contributed by atoms with E-state index in [4.69, 9.17) is 27.9 Å². The first-order valence-corrected chi connectivity index (χ1v) is 7.98. The lowest BCUT2D eigenvalue weighted by atomic mass is 10.1. The maximum absolute atomic E-state index is 12.6. The number of ether oxygens (including phenoxy) is 1. The number of nitrogens with one attached hydrogen (secondary N) is 1. The number of halogens is 2. The minimum absolute atomic E-state index is 0.300. The van der Waals surface area contributed by atoms with Crippen molar-refractivity contribution in [2.45, 2.75) is 0 Å². The van der Waals surface area contributed by atoms with Crippen LogP contribution < -0.4 is 10.1 Å². The normalized spacial score (nSPS) is 10.2. The average Bonchev–Trinajstić information content (AvgIpc) is 2.60. The first kappa shape index (κ1) is 16.4. The minimum atomic E-state index is -0.328. The highest BCUT2D eigenvalue weighted by atomic mass is 35.5. The van der Waals surface area contributed by atoms with Gasteiger partial charge in [0.25, 0.3) is 5.91 Å². The first-order chi connectivity index (χ1) is 11.6. The molecule has 0 bridgehead atoms. The fourth-order valence-electron chi connectivity index (χ4n) is 2.15. The van der Waals surface area contributed by atoms with Crippen molar-refractivity contribution in [1.82, 2.24) is 0 Å². The van der Waals surface area contributed by atoms with E-state index in [1.807, 2.05) is 30.3 Å². The van der Waals surface area contributed by atoms with E-state index in [-0.39, 0.29) is 5.91 Å². The Kier molecular flexibility index (Phi) is 5.04. The maximum Gasteiger partial charge on any atom is 0.259 e. The van der Waals surface area contributed by atoms with E-state index in [1.165, 1.54) is 0 Å². The molecule has 120 valence electrons. The third-order valence-corrected chi connectivity index (χ3v) is 4.12. The molecule has 0 aliphatic heterocycles. The quantitative estimate of drug-likeness (QED) is 0.618. The van der Waals surface area contributed by atoms with Gasteiger partial charge in [0.15, 0.2) is 0 Å². The van der Waals surface area contributed by atoms with Gasteiger partial charge < -0.3 is 10.1 Å². The molecule has 3 aromatic rings. The maximum atomic E-state index is 12.6. The summed E-state index contributed by atoms with van der Waals surface area (Å²) in [6.07, 6.45) is 0. The van der Waals surface area contributed by atoms with Crippen LogP contribution in [-0.2, 0) is 0 Å². The van der Waals surface area contributed by atoms with Gasteiger partial charge in [-0.2, -0.15) is 0 Å². The average molecular weight is 358 g/mol. The molecule has 0 aliphatic carbocycles. The van der Waals surface area contributed by atoms with Crippen LogP contribution in [0.1, 0.15) is 10.4 Å². The SMILES string of the molecule is O=C(Nc1cccc(Cl)c1Cl)c1ccccc1Oc1ccccc1. The van der Waals surface area contributed by atoms with Gasteiger partial charge in [0.1, 0.15) is 11.5 Å². The Hall–Kier alpha value is -2.49. The van der Waals surface area contributed by atoms with E-state index < -0.39 is 0 Å². The smallest absolute Gasteiger partial charge is 0.259 e. The molecule has 0 atom stereocenters. The van der Waals surface area contributed by atoms with E-state index in [9.17, 15) is 4.79 Å². The van der Waals surface area contributed by atoms with Crippen LogP contribution in [0.15, 0.2) is 72.8 Å². The van der Waals surface area contributed by atoms with E-state index >= 15 is 0 Å². The summed E-state index contributed by atoms with van der Waals surface area (Å²) < 4.78 is 5.80. The van der Waals surface area contributed by atoms with Crippen molar-refractivity contribution in [1.29, 1.82) is 0 Å². The molecule has 0 saturated heterocycles. The lowest BCUT2D eigenvalue weighted by Crippen LogP contribution is -2.13. The van der Waals surface area contributed by atoms with Crippen molar-refractivity contribution >= 4 is 34.8 Å². The van der Waals surface area contributed by atoms with Gasteiger partial charge in [0, 0.05) is 0 Å². The number of anilines is 1. The summed E-state index contributed by atoms with van der Waals surface area (Å²) in [6, 6.07) is 21.3. The Morgan fingerprint density at radius 3 is 2.33 bits per heavy atom. The Balaban J connectivity index is 1.86. The molecular formula is C19H13Cl2NO2. The van der Waals surface area contributed by atoms with Gasteiger partial charge in [-0.1, -0.05) is 59.6 Å². The molecule has 0 saturated carbocycles. The van der Waals surface area contributed by atoms with Crippen LogP contribution in [-0.4, -0.2) is 5.91 Å². The minimum Gasteiger partial charge on any atom is -0.457 e. The van der Waals surface area contributed by atoms with Crippen molar-refractivity contribution < 1.29 is 9.53 Å². The van der Waals surface area contributed by atoms with Gasteiger partial charge in [0.2, 0.25) is 0 Å². The molecular weight excluding hydrogens is 345 g/mol. The Morgan fingerprint density at radius 2 is 1.54 bits per heavy atom. The second-order valence-corrected chi connectivity index (χ2v) is 5.75. The number of amides is 1. The Labute approximate surface area is 149 Å². The number of para-hydroxylation sites is 2. The lowest BCUT2D eigenvalue weighted by molar-refractivity contribution is 0.102. The Bertz CT molecular complexity index is 866. The zero-order valence-corrected chi connectivity index (χ0v) is 14.0. The van der Waals surface area contributed by atoms with Gasteiger partial charge in [-0.15, -0.1) is 0 Å². The predicted molar refractivity (Wildman–Crippen MR) is 97.4 cm³/mol. The van der Waals surface area contributed by atoms with Crippen LogP contribution >= 0.6 is 23.2 Å². The number of benzene rings is 3. The van der Waals surface area contributed by atoms with Crippen LogP contribution in [0.4, 0.5) is 5.69 Å². The fraction of sp³-hybridized carbons (Fsp3) is 0. The van der Waals surface area contributed by atoms with Gasteiger partial charge in [-0.05, 0) is 36.4 Å². The molecule has 3 nitrogen and oxygen atoms in total. The molecule has 0 spiro atoms. The summed E-state index contributed by atoms with van der Waals surface area (Å²) in [4.78, 5) is 12.6. The predicted octanol–water partition coefficient (Wildman–Crippen LogP) is 6.04. The highest BCUT2D eigenvalue weighted by Gasteiger charge is 2.15. The molecule has 5 heteroatoms. The van der Waals surface area contributed by atoms with Crippen molar-refractivity contribution in [3.05, 3.63) is 88.4 Å². The number of hydrogen-bond acceptors (Lipinski definition) is 2. The van der Waals surface area contributed by atoms with Crippen LogP contribution in [0.2, 0.25) is 10.0 Å².